The van der Waals surface area contributed by atoms with Gasteiger partial charge in [0.05, 0.1) is 25.6 Å². The second-order valence-electron chi connectivity index (χ2n) is 6.57. The fourth-order valence-corrected chi connectivity index (χ4v) is 4.00. The van der Waals surface area contributed by atoms with E-state index < -0.39 is 0 Å². The molecule has 30 heavy (non-hydrogen) atoms. The van der Waals surface area contributed by atoms with Gasteiger partial charge in [0.2, 0.25) is 0 Å². The predicted molar refractivity (Wildman–Crippen MR) is 123 cm³/mol. The molecule has 0 unspecified atom stereocenters. The third-order valence-corrected chi connectivity index (χ3v) is 5.36. The van der Waals surface area contributed by atoms with Crippen LogP contribution >= 0.6 is 11.3 Å². The molecule has 0 aliphatic rings. The lowest BCUT2D eigenvalue weighted by atomic mass is 10.2. The Kier molecular flexibility index (Phi) is 7.37. The van der Waals surface area contributed by atoms with Gasteiger partial charge in [-0.2, -0.15) is 9.78 Å². The zero-order valence-corrected chi connectivity index (χ0v) is 18.5. The first-order valence-electron chi connectivity index (χ1n) is 9.81. The van der Waals surface area contributed by atoms with E-state index in [1.54, 1.807) is 38.7 Å². The molecule has 158 valence electrons. The van der Waals surface area contributed by atoms with Crippen LogP contribution in [0.3, 0.4) is 0 Å². The first-order valence-corrected chi connectivity index (χ1v) is 10.6. The van der Waals surface area contributed by atoms with E-state index in [1.165, 1.54) is 22.4 Å². The molecule has 8 heteroatoms. The number of rotatable bonds is 6. The molecule has 3 heterocycles. The largest absolute Gasteiger partial charge is 0.497 e. The zero-order chi connectivity index (χ0) is 21.5. The Hall–Kier alpha value is -2.97. The van der Waals surface area contributed by atoms with Gasteiger partial charge >= 0.3 is 0 Å². The van der Waals surface area contributed by atoms with Crippen molar-refractivity contribution >= 4 is 37.3 Å². The van der Waals surface area contributed by atoms with Crippen LogP contribution in [0.25, 0.3) is 26.0 Å². The summed E-state index contributed by atoms with van der Waals surface area (Å²) >= 11 is 1.38. The number of methoxy groups -OCH3 is 2. The molecule has 0 radical (unpaired) electrons. The monoisotopic (exact) mass is 426 g/mol. The average molecular weight is 427 g/mol. The summed E-state index contributed by atoms with van der Waals surface area (Å²) in [6, 6.07) is 9.12. The minimum Gasteiger partial charge on any atom is -0.497 e. The lowest BCUT2D eigenvalue weighted by molar-refractivity contribution is 0.211. The number of nitrogens with one attached hydrogen (secondary N) is 1. The van der Waals surface area contributed by atoms with Crippen molar-refractivity contribution in [1.29, 1.82) is 0 Å². The Bertz CT molecular complexity index is 1170. The molecule has 4 rings (SSSR count). The van der Waals surface area contributed by atoms with Crippen molar-refractivity contribution in [2.24, 2.45) is 0 Å². The second kappa shape index (κ2) is 10.2. The summed E-state index contributed by atoms with van der Waals surface area (Å²) in [6.45, 7) is 5.51. The van der Waals surface area contributed by atoms with Crippen molar-refractivity contribution in [2.45, 2.75) is 20.3 Å². The number of hydrogen-bond acceptors (Lipinski definition) is 7. The van der Waals surface area contributed by atoms with Crippen LogP contribution in [0, 0.1) is 0 Å². The van der Waals surface area contributed by atoms with Gasteiger partial charge in [0.25, 0.3) is 5.56 Å². The third kappa shape index (κ3) is 4.44. The molecule has 0 aliphatic heterocycles. The summed E-state index contributed by atoms with van der Waals surface area (Å²) in [6.07, 6.45) is 4.71. The van der Waals surface area contributed by atoms with E-state index >= 15 is 0 Å². The maximum absolute atomic E-state index is 13.0. The van der Waals surface area contributed by atoms with Crippen LogP contribution in [0.2, 0.25) is 0 Å². The van der Waals surface area contributed by atoms with Gasteiger partial charge in [-0.25, -0.2) is 4.98 Å². The standard InChI is InChI=1S/C19H18N4O3S.C3H8/c1-25-10-9-20-15-7-8-21-18-16(15)14-11-22-23(19(24)17(14)27-18)12-3-5-13(26-2)6-4-12;1-3-2/h3-8,11H,9-10H2,1-2H3,(H,20,21);3H2,1-2H3. The quantitative estimate of drug-likeness (QED) is 0.458. The SMILES string of the molecule is CCC.COCCNc1ccnc2sc3c(=O)n(-c4ccc(OC)cc4)ncc3c12. The average Bonchev–Trinajstić information content (AvgIpc) is 3.15. The Balaban J connectivity index is 0.000000806. The van der Waals surface area contributed by atoms with Gasteiger partial charge in [0, 0.05) is 36.3 Å². The summed E-state index contributed by atoms with van der Waals surface area (Å²) in [5.74, 6) is 0.728. The van der Waals surface area contributed by atoms with E-state index in [-0.39, 0.29) is 5.56 Å². The van der Waals surface area contributed by atoms with Crippen molar-refractivity contribution in [1.82, 2.24) is 14.8 Å². The number of pyridine rings is 1. The van der Waals surface area contributed by atoms with E-state index in [1.807, 2.05) is 18.2 Å². The minimum atomic E-state index is -0.163. The Morgan fingerprint density at radius 2 is 1.87 bits per heavy atom. The normalized spacial score (nSPS) is 10.7. The van der Waals surface area contributed by atoms with Crippen molar-refractivity contribution < 1.29 is 9.47 Å². The Labute approximate surface area is 179 Å². The maximum atomic E-state index is 13.0. The highest BCUT2D eigenvalue weighted by Gasteiger charge is 2.15. The third-order valence-electron chi connectivity index (χ3n) is 4.26. The van der Waals surface area contributed by atoms with E-state index in [0.29, 0.717) is 23.5 Å². The van der Waals surface area contributed by atoms with Crippen molar-refractivity contribution in [3.05, 3.63) is 53.1 Å². The van der Waals surface area contributed by atoms with Crippen LogP contribution in [-0.2, 0) is 4.74 Å². The topological polar surface area (TPSA) is 78.3 Å². The number of benzene rings is 1. The van der Waals surface area contributed by atoms with E-state index in [0.717, 1.165) is 27.0 Å². The van der Waals surface area contributed by atoms with E-state index in [2.05, 4.69) is 29.2 Å². The van der Waals surface area contributed by atoms with Crippen LogP contribution in [0.5, 0.6) is 5.75 Å². The highest BCUT2D eigenvalue weighted by atomic mass is 32.1. The molecule has 0 saturated heterocycles. The number of hydrogen-bond donors (Lipinski definition) is 1. The first-order chi connectivity index (χ1) is 14.6. The van der Waals surface area contributed by atoms with Crippen molar-refractivity contribution in [2.75, 3.05) is 32.7 Å². The molecule has 0 atom stereocenters. The highest BCUT2D eigenvalue weighted by Crippen LogP contribution is 2.34. The Morgan fingerprint density at radius 3 is 2.53 bits per heavy atom. The fraction of sp³-hybridized carbons (Fsp3) is 0.318. The molecule has 1 aromatic carbocycles. The molecule has 4 aromatic rings. The molecule has 0 bridgehead atoms. The van der Waals surface area contributed by atoms with Gasteiger partial charge in [-0.1, -0.05) is 20.3 Å². The van der Waals surface area contributed by atoms with Crippen LogP contribution in [0.15, 0.2) is 47.5 Å². The fourth-order valence-electron chi connectivity index (χ4n) is 2.93. The molecular weight excluding hydrogens is 400 g/mol. The summed E-state index contributed by atoms with van der Waals surface area (Å²) < 4.78 is 12.3. The molecule has 0 aliphatic carbocycles. The number of ether oxygens (including phenoxy) is 2. The summed E-state index contributed by atoms with van der Waals surface area (Å²) in [5.41, 5.74) is 1.45. The number of nitrogens with zero attached hydrogens (tertiary/aromatic N) is 3. The van der Waals surface area contributed by atoms with Gasteiger partial charge in [0.15, 0.2) is 0 Å². The molecule has 3 aromatic heterocycles. The second-order valence-corrected chi connectivity index (χ2v) is 7.57. The number of aromatic nitrogens is 3. The molecule has 0 spiro atoms. The molecule has 7 nitrogen and oxygen atoms in total. The van der Waals surface area contributed by atoms with Crippen LogP contribution < -0.4 is 15.6 Å². The van der Waals surface area contributed by atoms with Crippen LogP contribution in [0.1, 0.15) is 20.3 Å². The molecule has 0 fully saturated rings. The van der Waals surface area contributed by atoms with Crippen molar-refractivity contribution in [3.8, 4) is 11.4 Å². The molecule has 0 saturated carbocycles. The minimum absolute atomic E-state index is 0.163. The zero-order valence-electron chi connectivity index (χ0n) is 17.6. The maximum Gasteiger partial charge on any atom is 0.289 e. The Morgan fingerprint density at radius 1 is 1.13 bits per heavy atom. The van der Waals surface area contributed by atoms with Gasteiger partial charge in [-0.3, -0.25) is 4.79 Å². The molecule has 0 amide bonds. The molecule has 1 N–H and O–H groups in total. The summed E-state index contributed by atoms with van der Waals surface area (Å²) in [5, 5.41) is 9.44. The number of anilines is 1. The van der Waals surface area contributed by atoms with E-state index in [9.17, 15) is 4.79 Å². The van der Waals surface area contributed by atoms with E-state index in [4.69, 9.17) is 9.47 Å². The van der Waals surface area contributed by atoms with Gasteiger partial charge in [0.1, 0.15) is 15.3 Å². The van der Waals surface area contributed by atoms with Crippen LogP contribution in [-0.4, -0.2) is 42.1 Å². The van der Waals surface area contributed by atoms with Gasteiger partial charge in [-0.05, 0) is 30.3 Å². The molecular formula is C22H26N4O3S. The van der Waals surface area contributed by atoms with Crippen molar-refractivity contribution in [3.63, 3.8) is 0 Å². The number of thiophene rings is 1. The first kappa shape index (κ1) is 21.7. The lowest BCUT2D eigenvalue weighted by Crippen LogP contribution is -2.19. The number of fused-ring (bicyclic) bond motifs is 3. The van der Waals surface area contributed by atoms with Crippen LogP contribution in [0.4, 0.5) is 5.69 Å². The lowest BCUT2D eigenvalue weighted by Gasteiger charge is -2.08. The smallest absolute Gasteiger partial charge is 0.289 e. The van der Waals surface area contributed by atoms with Gasteiger partial charge in [-0.15, -0.1) is 11.3 Å². The predicted octanol–water partition coefficient (Wildman–Crippen LogP) is 4.48. The highest BCUT2D eigenvalue weighted by molar-refractivity contribution is 7.25. The summed E-state index contributed by atoms with van der Waals surface area (Å²) in [7, 11) is 3.27. The van der Waals surface area contributed by atoms with Gasteiger partial charge < -0.3 is 14.8 Å². The summed E-state index contributed by atoms with van der Waals surface area (Å²) in [4.78, 5) is 18.3.